The smallest absolute Gasteiger partial charge is 0.248 e. The van der Waals surface area contributed by atoms with Gasteiger partial charge in [-0.2, -0.15) is 0 Å². The summed E-state index contributed by atoms with van der Waals surface area (Å²) in [6.45, 7) is 6.11. The molecule has 0 aliphatic heterocycles. The van der Waals surface area contributed by atoms with E-state index in [2.05, 4.69) is 24.4 Å². The minimum Gasteiger partial charge on any atom is -0.351 e. The molecule has 1 saturated carbocycles. The Bertz CT molecular complexity index is 1080. The van der Waals surface area contributed by atoms with Crippen molar-refractivity contribution < 1.29 is 9.59 Å². The monoisotopic (exact) mass is 460 g/mol. The zero-order valence-electron chi connectivity index (χ0n) is 19.6. The topological polar surface area (TPSA) is 49.4 Å². The fourth-order valence-electron chi connectivity index (χ4n) is 5.00. The molecule has 33 heavy (non-hydrogen) atoms. The van der Waals surface area contributed by atoms with Crippen molar-refractivity contribution in [3.63, 3.8) is 0 Å². The Morgan fingerprint density at radius 2 is 1.67 bits per heavy atom. The molecule has 1 aromatic heterocycles. The first-order valence-corrected chi connectivity index (χ1v) is 12.6. The standard InChI is InChI=1S/C28H32N2O2S/c1-19-16-20(2)26(21(3)17-19)30(25(31)18-24-14-9-15-33-24)27(22-10-5-4-6-11-22)28(32)29-23-12-7-8-13-23/h4-6,9-11,14-17,23,27H,7-8,12-13,18H2,1-3H3,(H,29,32)/t27-/m0/s1. The number of hydrogen-bond acceptors (Lipinski definition) is 3. The SMILES string of the molecule is Cc1cc(C)c(N(C(=O)Cc2cccs2)[C@H](C(=O)NC2CCCC2)c2ccccc2)c(C)c1. The van der Waals surface area contributed by atoms with E-state index in [-0.39, 0.29) is 24.3 Å². The molecule has 0 unspecified atom stereocenters. The van der Waals surface area contributed by atoms with E-state index in [1.807, 2.05) is 61.7 Å². The van der Waals surface area contributed by atoms with Gasteiger partial charge in [0.05, 0.1) is 12.1 Å². The number of nitrogens with zero attached hydrogens (tertiary/aromatic N) is 1. The lowest BCUT2D eigenvalue weighted by atomic mass is 9.97. The number of amides is 2. The molecule has 5 heteroatoms. The zero-order valence-corrected chi connectivity index (χ0v) is 20.5. The fourth-order valence-corrected chi connectivity index (χ4v) is 5.70. The van der Waals surface area contributed by atoms with Gasteiger partial charge in [0.1, 0.15) is 6.04 Å². The normalized spacial score (nSPS) is 14.8. The number of carbonyl (C=O) groups is 2. The van der Waals surface area contributed by atoms with Gasteiger partial charge in [-0.3, -0.25) is 14.5 Å². The first-order valence-electron chi connectivity index (χ1n) is 11.7. The predicted molar refractivity (Wildman–Crippen MR) is 136 cm³/mol. The minimum absolute atomic E-state index is 0.0667. The Morgan fingerprint density at radius 3 is 2.27 bits per heavy atom. The third-order valence-electron chi connectivity index (χ3n) is 6.37. The Hall–Kier alpha value is -2.92. The van der Waals surface area contributed by atoms with Gasteiger partial charge in [-0.15, -0.1) is 11.3 Å². The average Bonchev–Trinajstić information content (AvgIpc) is 3.47. The summed E-state index contributed by atoms with van der Waals surface area (Å²) in [5.74, 6) is -0.171. The number of thiophene rings is 1. The van der Waals surface area contributed by atoms with Crippen molar-refractivity contribution in [2.75, 3.05) is 4.90 Å². The average molecular weight is 461 g/mol. The molecule has 1 N–H and O–H groups in total. The van der Waals surface area contributed by atoms with Crippen LogP contribution < -0.4 is 10.2 Å². The molecule has 0 bridgehead atoms. The quantitative estimate of drug-likeness (QED) is 0.467. The molecule has 1 fully saturated rings. The van der Waals surface area contributed by atoms with Gasteiger partial charge in [-0.05, 0) is 61.7 Å². The number of nitrogens with one attached hydrogen (secondary N) is 1. The van der Waals surface area contributed by atoms with Crippen LogP contribution in [0.2, 0.25) is 0 Å². The van der Waals surface area contributed by atoms with E-state index in [1.165, 1.54) is 0 Å². The molecule has 0 saturated heterocycles. The molecule has 1 aliphatic carbocycles. The first kappa shape index (κ1) is 23.2. The number of benzene rings is 2. The van der Waals surface area contributed by atoms with Crippen molar-refractivity contribution in [1.82, 2.24) is 5.32 Å². The summed E-state index contributed by atoms with van der Waals surface area (Å²) in [5, 5.41) is 5.24. The highest BCUT2D eigenvalue weighted by Gasteiger charge is 2.35. The fraction of sp³-hybridized carbons (Fsp3) is 0.357. The molecule has 4 nitrogen and oxygen atoms in total. The van der Waals surface area contributed by atoms with Crippen molar-refractivity contribution in [3.8, 4) is 0 Å². The molecule has 2 aromatic carbocycles. The number of carbonyl (C=O) groups excluding carboxylic acids is 2. The largest absolute Gasteiger partial charge is 0.351 e. The summed E-state index contributed by atoms with van der Waals surface area (Å²) >= 11 is 1.57. The minimum atomic E-state index is -0.723. The van der Waals surface area contributed by atoms with Crippen LogP contribution in [0.5, 0.6) is 0 Å². The van der Waals surface area contributed by atoms with Crippen LogP contribution in [0.15, 0.2) is 60.0 Å². The lowest BCUT2D eigenvalue weighted by Crippen LogP contribution is -2.47. The second-order valence-corrected chi connectivity index (χ2v) is 10.1. The zero-order chi connectivity index (χ0) is 23.4. The molecule has 0 spiro atoms. The third kappa shape index (κ3) is 5.36. The predicted octanol–water partition coefficient (Wildman–Crippen LogP) is 6.05. The van der Waals surface area contributed by atoms with Gasteiger partial charge < -0.3 is 5.32 Å². The molecule has 1 atom stereocenters. The second-order valence-electron chi connectivity index (χ2n) is 9.07. The van der Waals surface area contributed by atoms with E-state index in [0.717, 1.165) is 58.5 Å². The molecule has 0 radical (unpaired) electrons. The van der Waals surface area contributed by atoms with Gasteiger partial charge in [-0.25, -0.2) is 0 Å². The van der Waals surface area contributed by atoms with Crippen LogP contribution in [0.3, 0.4) is 0 Å². The van der Waals surface area contributed by atoms with Gasteiger partial charge in [0.25, 0.3) is 0 Å². The maximum atomic E-state index is 13.9. The number of hydrogen-bond donors (Lipinski definition) is 1. The summed E-state index contributed by atoms with van der Waals surface area (Å²) in [5.41, 5.74) is 4.80. The molecular formula is C28H32N2O2S. The van der Waals surface area contributed by atoms with Crippen molar-refractivity contribution >= 4 is 28.8 Å². The van der Waals surface area contributed by atoms with Gasteiger partial charge in [-0.1, -0.05) is 66.9 Å². The van der Waals surface area contributed by atoms with E-state index >= 15 is 0 Å². The molecular weight excluding hydrogens is 428 g/mol. The molecule has 3 aromatic rings. The maximum Gasteiger partial charge on any atom is 0.248 e. The van der Waals surface area contributed by atoms with Crippen LogP contribution in [0, 0.1) is 20.8 Å². The van der Waals surface area contributed by atoms with E-state index < -0.39 is 6.04 Å². The van der Waals surface area contributed by atoms with Crippen LogP contribution in [-0.2, 0) is 16.0 Å². The summed E-state index contributed by atoms with van der Waals surface area (Å²) in [6.07, 6.45) is 4.54. The van der Waals surface area contributed by atoms with Gasteiger partial charge in [0, 0.05) is 10.9 Å². The van der Waals surface area contributed by atoms with Crippen LogP contribution in [-0.4, -0.2) is 17.9 Å². The van der Waals surface area contributed by atoms with Crippen LogP contribution in [0.4, 0.5) is 5.69 Å². The van der Waals surface area contributed by atoms with Crippen molar-refractivity contribution in [3.05, 3.63) is 87.1 Å². The lowest BCUT2D eigenvalue weighted by molar-refractivity contribution is -0.127. The van der Waals surface area contributed by atoms with Gasteiger partial charge in [0.2, 0.25) is 11.8 Å². The molecule has 4 rings (SSSR count). The van der Waals surface area contributed by atoms with Crippen LogP contribution in [0.1, 0.15) is 58.9 Å². The summed E-state index contributed by atoms with van der Waals surface area (Å²) in [6, 6.07) is 17.3. The lowest BCUT2D eigenvalue weighted by Gasteiger charge is -2.34. The van der Waals surface area contributed by atoms with Crippen molar-refractivity contribution in [2.24, 2.45) is 0 Å². The Labute approximate surface area is 200 Å². The highest BCUT2D eigenvalue weighted by atomic mass is 32.1. The van der Waals surface area contributed by atoms with Crippen LogP contribution in [0.25, 0.3) is 0 Å². The Balaban J connectivity index is 1.82. The second kappa shape index (κ2) is 10.3. The maximum absolute atomic E-state index is 13.9. The highest BCUT2D eigenvalue weighted by Crippen LogP contribution is 2.35. The first-order chi connectivity index (χ1) is 15.9. The molecule has 1 aliphatic rings. The summed E-state index contributed by atoms with van der Waals surface area (Å²) in [4.78, 5) is 30.5. The Kier molecular flexibility index (Phi) is 7.29. The van der Waals surface area contributed by atoms with E-state index in [0.29, 0.717) is 0 Å². The third-order valence-corrected chi connectivity index (χ3v) is 7.25. The van der Waals surface area contributed by atoms with Crippen molar-refractivity contribution in [2.45, 2.75) is 65.0 Å². The number of rotatable bonds is 7. The van der Waals surface area contributed by atoms with E-state index in [9.17, 15) is 9.59 Å². The van der Waals surface area contributed by atoms with E-state index in [1.54, 1.807) is 16.2 Å². The Morgan fingerprint density at radius 1 is 1.00 bits per heavy atom. The summed E-state index contributed by atoms with van der Waals surface area (Å²) in [7, 11) is 0. The van der Waals surface area contributed by atoms with E-state index in [4.69, 9.17) is 0 Å². The summed E-state index contributed by atoms with van der Waals surface area (Å²) < 4.78 is 0. The van der Waals surface area contributed by atoms with Crippen LogP contribution >= 0.6 is 11.3 Å². The molecule has 172 valence electrons. The molecule has 2 amide bonds. The number of anilines is 1. The van der Waals surface area contributed by atoms with Crippen molar-refractivity contribution in [1.29, 1.82) is 0 Å². The number of aryl methyl sites for hydroxylation is 3. The van der Waals surface area contributed by atoms with Gasteiger partial charge in [0.15, 0.2) is 0 Å². The highest BCUT2D eigenvalue weighted by molar-refractivity contribution is 7.10. The molecule has 1 heterocycles. The van der Waals surface area contributed by atoms with Gasteiger partial charge >= 0.3 is 0 Å².